The second-order valence-electron chi connectivity index (χ2n) is 8.32. The molecule has 2 aromatic carbocycles. The van der Waals surface area contributed by atoms with Crippen LogP contribution in [0.4, 0.5) is 21.5 Å². The van der Waals surface area contributed by atoms with Gasteiger partial charge in [0.25, 0.3) is 16.8 Å². The number of halogens is 1. The van der Waals surface area contributed by atoms with Crippen LogP contribution in [0.25, 0.3) is 0 Å². The molecule has 8 heteroatoms. The number of furan rings is 1. The number of rotatable bonds is 5. The van der Waals surface area contributed by atoms with Crippen molar-refractivity contribution in [1.82, 2.24) is 5.32 Å². The average Bonchev–Trinajstić information content (AvgIpc) is 3.31. The van der Waals surface area contributed by atoms with Crippen LogP contribution in [0.15, 0.2) is 38.3 Å². The minimum absolute atomic E-state index is 0.0459. The molecule has 0 unspecified atom stereocenters. The number of fused-ring (bicyclic) bond motifs is 1. The van der Waals surface area contributed by atoms with Gasteiger partial charge in [0, 0.05) is 12.1 Å². The molecule has 4 rings (SSSR count). The molecule has 156 valence electrons. The summed E-state index contributed by atoms with van der Waals surface area (Å²) in [6, 6.07) is 4.33. The number of carbonyl (C=O) groups excluding carboxylic acids is 1. The quantitative estimate of drug-likeness (QED) is 0.555. The summed E-state index contributed by atoms with van der Waals surface area (Å²) < 4.78 is 28.8. The molecule has 0 saturated heterocycles. The standard InChI is InChI=1S/C22H22FN3O4/c1-10-5-8-14(30-10)20(22(2,3)4)26-17-16(18(27)19(17)28)25-13-7-6-12(23)11-9-24-21(29)15(11)13/h5-8,20,25-26H,9H2,1-4H3,(H,24,29)/t20-/m1/s1/i20D. The number of benzene rings is 1. The van der Waals surface area contributed by atoms with E-state index >= 15 is 0 Å². The second-order valence-corrected chi connectivity index (χ2v) is 8.32. The molecule has 0 spiro atoms. The van der Waals surface area contributed by atoms with Crippen LogP contribution in [0.2, 0.25) is 0 Å². The number of hydrogen-bond donors (Lipinski definition) is 3. The summed E-state index contributed by atoms with van der Waals surface area (Å²) in [4.78, 5) is 36.9. The summed E-state index contributed by atoms with van der Waals surface area (Å²) in [5, 5.41) is 8.23. The Morgan fingerprint density at radius 3 is 2.47 bits per heavy atom. The van der Waals surface area contributed by atoms with Gasteiger partial charge in [0.2, 0.25) is 0 Å². The lowest BCUT2D eigenvalue weighted by molar-refractivity contribution is 0.0966. The molecule has 3 aromatic rings. The Bertz CT molecular complexity index is 1280. The van der Waals surface area contributed by atoms with E-state index in [1.807, 2.05) is 0 Å². The lowest BCUT2D eigenvalue weighted by atomic mass is 9.85. The van der Waals surface area contributed by atoms with Crippen LogP contribution in [0.5, 0.6) is 0 Å². The highest BCUT2D eigenvalue weighted by atomic mass is 19.1. The molecule has 0 saturated carbocycles. The summed E-state index contributed by atoms with van der Waals surface area (Å²) in [5.74, 6) is -0.110. The first-order valence-corrected chi connectivity index (χ1v) is 9.49. The van der Waals surface area contributed by atoms with Crippen LogP contribution in [0.1, 0.15) is 55.6 Å². The number of nitrogens with one attached hydrogen (secondary N) is 3. The lowest BCUT2D eigenvalue weighted by Gasteiger charge is -2.31. The van der Waals surface area contributed by atoms with Gasteiger partial charge in [0.1, 0.15) is 28.7 Å². The van der Waals surface area contributed by atoms with Crippen LogP contribution in [0.3, 0.4) is 0 Å². The van der Waals surface area contributed by atoms with E-state index in [0.29, 0.717) is 11.5 Å². The molecule has 1 amide bonds. The molecule has 2 heterocycles. The zero-order valence-corrected chi connectivity index (χ0v) is 17.0. The Kier molecular flexibility index (Phi) is 4.23. The van der Waals surface area contributed by atoms with E-state index in [9.17, 15) is 18.8 Å². The van der Waals surface area contributed by atoms with Crippen molar-refractivity contribution in [3.05, 3.63) is 73.2 Å². The number of amides is 1. The normalized spacial score (nSPS) is 16.0. The summed E-state index contributed by atoms with van der Waals surface area (Å²) in [6.07, 6.45) is 0. The van der Waals surface area contributed by atoms with Gasteiger partial charge in [0.05, 0.1) is 18.6 Å². The van der Waals surface area contributed by atoms with E-state index in [0.717, 1.165) is 0 Å². The third-order valence-electron chi connectivity index (χ3n) is 5.07. The van der Waals surface area contributed by atoms with E-state index in [1.165, 1.54) is 12.1 Å². The minimum Gasteiger partial charge on any atom is -0.464 e. The van der Waals surface area contributed by atoms with Crippen molar-refractivity contribution in [2.24, 2.45) is 5.41 Å². The van der Waals surface area contributed by atoms with Gasteiger partial charge in [-0.05, 0) is 36.6 Å². The van der Waals surface area contributed by atoms with Crippen molar-refractivity contribution in [1.29, 1.82) is 0 Å². The Labute approximate surface area is 173 Å². The zero-order chi connectivity index (χ0) is 22.7. The van der Waals surface area contributed by atoms with Gasteiger partial charge in [-0.25, -0.2) is 4.39 Å². The topological polar surface area (TPSA) is 100 Å². The van der Waals surface area contributed by atoms with E-state index in [-0.39, 0.29) is 34.7 Å². The van der Waals surface area contributed by atoms with Gasteiger partial charge in [-0.1, -0.05) is 20.8 Å². The lowest BCUT2D eigenvalue weighted by Crippen LogP contribution is -2.39. The first-order chi connectivity index (χ1) is 14.4. The van der Waals surface area contributed by atoms with Crippen molar-refractivity contribution in [2.45, 2.75) is 40.3 Å². The van der Waals surface area contributed by atoms with Crippen molar-refractivity contribution >= 4 is 23.0 Å². The maximum atomic E-state index is 14.0. The number of aryl methyl sites for hydroxylation is 1. The fourth-order valence-corrected chi connectivity index (χ4v) is 3.49. The minimum atomic E-state index is -1.57. The van der Waals surface area contributed by atoms with Gasteiger partial charge in [-0.3, -0.25) is 14.4 Å². The number of anilines is 3. The summed E-state index contributed by atoms with van der Waals surface area (Å²) >= 11 is 0. The van der Waals surface area contributed by atoms with Crippen LogP contribution < -0.4 is 26.8 Å². The molecule has 1 aliphatic rings. The molecular formula is C22H22FN3O4. The van der Waals surface area contributed by atoms with Crippen LogP contribution >= 0.6 is 0 Å². The highest BCUT2D eigenvalue weighted by molar-refractivity contribution is 6.04. The van der Waals surface area contributed by atoms with Gasteiger partial charge >= 0.3 is 0 Å². The largest absolute Gasteiger partial charge is 0.464 e. The number of carbonyl (C=O) groups is 1. The summed E-state index contributed by atoms with van der Waals surface area (Å²) in [7, 11) is 0. The first kappa shape index (κ1) is 18.6. The van der Waals surface area contributed by atoms with Crippen molar-refractivity contribution in [2.75, 3.05) is 10.6 Å². The molecular weight excluding hydrogens is 389 g/mol. The fraction of sp³-hybridized carbons (Fsp3) is 0.318. The van der Waals surface area contributed by atoms with Gasteiger partial charge in [0.15, 0.2) is 0 Å². The van der Waals surface area contributed by atoms with Crippen LogP contribution in [-0.4, -0.2) is 5.91 Å². The summed E-state index contributed by atoms with van der Waals surface area (Å²) in [6.45, 7) is 7.21. The molecule has 7 nitrogen and oxygen atoms in total. The van der Waals surface area contributed by atoms with E-state index in [2.05, 4.69) is 16.0 Å². The van der Waals surface area contributed by atoms with E-state index in [1.54, 1.807) is 39.8 Å². The van der Waals surface area contributed by atoms with Crippen molar-refractivity contribution < 1.29 is 15.0 Å². The maximum Gasteiger partial charge on any atom is 0.254 e. The van der Waals surface area contributed by atoms with Crippen LogP contribution in [0, 0.1) is 18.2 Å². The third kappa shape index (κ3) is 3.18. The molecule has 1 aliphatic heterocycles. The van der Waals surface area contributed by atoms with Gasteiger partial charge in [-0.15, -0.1) is 0 Å². The third-order valence-corrected chi connectivity index (χ3v) is 5.07. The Balaban J connectivity index is 1.75. The highest BCUT2D eigenvalue weighted by Crippen LogP contribution is 2.38. The van der Waals surface area contributed by atoms with Crippen LogP contribution in [-0.2, 0) is 6.54 Å². The van der Waals surface area contributed by atoms with Gasteiger partial charge in [-0.2, -0.15) is 0 Å². The molecule has 30 heavy (non-hydrogen) atoms. The molecule has 0 bridgehead atoms. The SMILES string of the molecule is [2H][C@@](Nc1c(Nc2ccc(F)c3c2C(=O)NC3)c(=O)c1=O)(c1ccc(C)o1)C(C)(C)C. The smallest absolute Gasteiger partial charge is 0.254 e. The van der Waals surface area contributed by atoms with Crippen molar-refractivity contribution in [3.8, 4) is 0 Å². The highest BCUT2D eigenvalue weighted by Gasteiger charge is 2.34. The predicted octanol–water partition coefficient (Wildman–Crippen LogP) is 3.51. The molecule has 3 N–H and O–H groups in total. The Morgan fingerprint density at radius 1 is 1.13 bits per heavy atom. The molecule has 1 aromatic heterocycles. The molecule has 0 radical (unpaired) electrons. The Morgan fingerprint density at radius 2 is 1.83 bits per heavy atom. The monoisotopic (exact) mass is 412 g/mol. The average molecular weight is 412 g/mol. The van der Waals surface area contributed by atoms with Crippen molar-refractivity contribution in [3.63, 3.8) is 0 Å². The fourth-order valence-electron chi connectivity index (χ4n) is 3.49. The Hall–Kier alpha value is -3.42. The predicted molar refractivity (Wildman–Crippen MR) is 111 cm³/mol. The summed E-state index contributed by atoms with van der Waals surface area (Å²) in [5.41, 5.74) is -1.97. The van der Waals surface area contributed by atoms with E-state index in [4.69, 9.17) is 5.79 Å². The molecule has 0 fully saturated rings. The number of hydrogen-bond acceptors (Lipinski definition) is 6. The molecule has 0 aliphatic carbocycles. The van der Waals surface area contributed by atoms with E-state index < -0.39 is 34.0 Å². The first-order valence-electron chi connectivity index (χ1n) is 9.99. The maximum absolute atomic E-state index is 14.0. The second kappa shape index (κ2) is 6.83. The molecule has 1 atom stereocenters. The zero-order valence-electron chi connectivity index (χ0n) is 18.0. The van der Waals surface area contributed by atoms with Gasteiger partial charge < -0.3 is 20.4 Å².